The molecule has 1 amide bonds. The molecule has 6 heteroatoms. The average Bonchev–Trinajstić information content (AvgIpc) is 3.15. The molecule has 0 N–H and O–H groups in total. The van der Waals surface area contributed by atoms with Crippen LogP contribution in [0.2, 0.25) is 0 Å². The minimum Gasteiger partial charge on any atom is -0.484 e. The standard InChI is InChI=1S/C22H24N4O2/c1-17-15-24-22(18-7-11-23-12-8-18)26(17)19-9-13-25(14-10-19)21(27)16-28-20-5-3-2-4-6-20/h2-8,11-12,15,19H,9-10,13-14,16H2,1H3. The second-order valence-electron chi connectivity index (χ2n) is 7.04. The summed E-state index contributed by atoms with van der Waals surface area (Å²) in [5.74, 6) is 1.73. The molecule has 1 aliphatic heterocycles. The SMILES string of the molecule is Cc1cnc(-c2ccncc2)n1C1CCN(C(=O)COc2ccccc2)CC1. The first-order chi connectivity index (χ1) is 13.7. The van der Waals surface area contributed by atoms with E-state index in [1.54, 1.807) is 12.4 Å². The predicted octanol–water partition coefficient (Wildman–Crippen LogP) is 3.50. The zero-order chi connectivity index (χ0) is 19.3. The highest BCUT2D eigenvalue weighted by molar-refractivity contribution is 5.77. The highest BCUT2D eigenvalue weighted by Crippen LogP contribution is 2.30. The fraction of sp³-hybridized carbons (Fsp3) is 0.318. The zero-order valence-electron chi connectivity index (χ0n) is 16.0. The number of piperidine rings is 1. The number of carbonyl (C=O) groups is 1. The molecule has 2 aromatic heterocycles. The molecule has 0 radical (unpaired) electrons. The van der Waals surface area contributed by atoms with Crippen LogP contribution in [0.25, 0.3) is 11.4 Å². The van der Waals surface area contributed by atoms with Crippen molar-refractivity contribution in [3.63, 3.8) is 0 Å². The first-order valence-corrected chi connectivity index (χ1v) is 9.62. The molecule has 0 spiro atoms. The van der Waals surface area contributed by atoms with E-state index in [1.807, 2.05) is 53.6 Å². The molecule has 0 unspecified atom stereocenters. The van der Waals surface area contributed by atoms with Crippen LogP contribution in [-0.4, -0.2) is 45.0 Å². The smallest absolute Gasteiger partial charge is 0.260 e. The van der Waals surface area contributed by atoms with Crippen molar-refractivity contribution in [1.29, 1.82) is 0 Å². The van der Waals surface area contributed by atoms with Crippen molar-refractivity contribution < 1.29 is 9.53 Å². The highest BCUT2D eigenvalue weighted by atomic mass is 16.5. The molecule has 0 bridgehead atoms. The van der Waals surface area contributed by atoms with Gasteiger partial charge in [0.1, 0.15) is 11.6 Å². The number of benzene rings is 1. The second kappa shape index (κ2) is 8.25. The Morgan fingerprint density at radius 1 is 1.11 bits per heavy atom. The van der Waals surface area contributed by atoms with Gasteiger partial charge in [0, 0.05) is 49.0 Å². The molecule has 0 atom stereocenters. The normalized spacial score (nSPS) is 14.8. The van der Waals surface area contributed by atoms with Crippen LogP contribution in [0.1, 0.15) is 24.6 Å². The van der Waals surface area contributed by atoms with Gasteiger partial charge in [0.15, 0.2) is 6.61 Å². The van der Waals surface area contributed by atoms with Crippen LogP contribution in [0, 0.1) is 6.92 Å². The van der Waals surface area contributed by atoms with E-state index in [2.05, 4.69) is 21.5 Å². The third kappa shape index (κ3) is 3.91. The van der Waals surface area contributed by atoms with E-state index < -0.39 is 0 Å². The van der Waals surface area contributed by atoms with Crippen molar-refractivity contribution in [3.05, 3.63) is 66.7 Å². The third-order valence-corrected chi connectivity index (χ3v) is 5.21. The first-order valence-electron chi connectivity index (χ1n) is 9.62. The second-order valence-corrected chi connectivity index (χ2v) is 7.04. The number of amides is 1. The Balaban J connectivity index is 1.38. The van der Waals surface area contributed by atoms with Gasteiger partial charge in [0.2, 0.25) is 0 Å². The van der Waals surface area contributed by atoms with Crippen LogP contribution in [0.15, 0.2) is 61.1 Å². The molecule has 144 valence electrons. The van der Waals surface area contributed by atoms with Gasteiger partial charge in [0.05, 0.1) is 0 Å². The van der Waals surface area contributed by atoms with Crippen molar-refractivity contribution in [2.45, 2.75) is 25.8 Å². The summed E-state index contributed by atoms with van der Waals surface area (Å²) in [4.78, 5) is 23.1. The lowest BCUT2D eigenvalue weighted by Crippen LogP contribution is -2.41. The molecular weight excluding hydrogens is 352 g/mol. The van der Waals surface area contributed by atoms with Gasteiger partial charge in [-0.3, -0.25) is 9.78 Å². The van der Waals surface area contributed by atoms with Gasteiger partial charge < -0.3 is 14.2 Å². The lowest BCUT2D eigenvalue weighted by molar-refractivity contribution is -0.134. The quantitative estimate of drug-likeness (QED) is 0.684. The van der Waals surface area contributed by atoms with Gasteiger partial charge in [0.25, 0.3) is 5.91 Å². The van der Waals surface area contributed by atoms with Crippen LogP contribution >= 0.6 is 0 Å². The summed E-state index contributed by atoms with van der Waals surface area (Å²) in [7, 11) is 0. The maximum Gasteiger partial charge on any atom is 0.260 e. The van der Waals surface area contributed by atoms with E-state index in [0.29, 0.717) is 6.04 Å². The number of ether oxygens (including phenoxy) is 1. The Morgan fingerprint density at radius 2 is 1.82 bits per heavy atom. The lowest BCUT2D eigenvalue weighted by atomic mass is 10.0. The van der Waals surface area contributed by atoms with Crippen LogP contribution in [-0.2, 0) is 4.79 Å². The maximum absolute atomic E-state index is 12.5. The van der Waals surface area contributed by atoms with E-state index in [0.717, 1.165) is 48.8 Å². The molecule has 0 aliphatic carbocycles. The molecule has 0 saturated carbocycles. The zero-order valence-corrected chi connectivity index (χ0v) is 16.0. The summed E-state index contributed by atoms with van der Waals surface area (Å²) in [5, 5.41) is 0. The highest BCUT2D eigenvalue weighted by Gasteiger charge is 2.26. The van der Waals surface area contributed by atoms with Crippen LogP contribution in [0.4, 0.5) is 0 Å². The fourth-order valence-corrected chi connectivity index (χ4v) is 3.75. The Morgan fingerprint density at radius 3 is 2.54 bits per heavy atom. The molecule has 4 rings (SSSR count). The molecule has 1 aromatic carbocycles. The van der Waals surface area contributed by atoms with Crippen molar-refractivity contribution in [2.75, 3.05) is 19.7 Å². The number of rotatable bonds is 5. The van der Waals surface area contributed by atoms with Crippen molar-refractivity contribution in [2.24, 2.45) is 0 Å². The van der Waals surface area contributed by atoms with Gasteiger partial charge in [-0.1, -0.05) is 18.2 Å². The molecule has 28 heavy (non-hydrogen) atoms. The van der Waals surface area contributed by atoms with Gasteiger partial charge in [-0.25, -0.2) is 4.98 Å². The van der Waals surface area contributed by atoms with Crippen molar-refractivity contribution in [1.82, 2.24) is 19.4 Å². The van der Waals surface area contributed by atoms with E-state index in [-0.39, 0.29) is 12.5 Å². The maximum atomic E-state index is 12.5. The van der Waals surface area contributed by atoms with Crippen LogP contribution < -0.4 is 4.74 Å². The number of pyridine rings is 1. The predicted molar refractivity (Wildman–Crippen MR) is 107 cm³/mol. The first kappa shape index (κ1) is 18.2. The summed E-state index contributed by atoms with van der Waals surface area (Å²) in [6.45, 7) is 3.63. The van der Waals surface area contributed by atoms with Gasteiger partial charge in [-0.15, -0.1) is 0 Å². The Hall–Kier alpha value is -3.15. The Labute approximate surface area is 164 Å². The topological polar surface area (TPSA) is 60.2 Å². The summed E-state index contributed by atoms with van der Waals surface area (Å²) in [6.07, 6.45) is 7.31. The van der Waals surface area contributed by atoms with E-state index in [9.17, 15) is 4.79 Å². The van der Waals surface area contributed by atoms with Gasteiger partial charge >= 0.3 is 0 Å². The van der Waals surface area contributed by atoms with E-state index >= 15 is 0 Å². The monoisotopic (exact) mass is 376 g/mol. The molecule has 3 aromatic rings. The summed E-state index contributed by atoms with van der Waals surface area (Å²) < 4.78 is 7.91. The largest absolute Gasteiger partial charge is 0.484 e. The number of para-hydroxylation sites is 1. The van der Waals surface area contributed by atoms with Crippen molar-refractivity contribution >= 4 is 5.91 Å². The number of aromatic nitrogens is 3. The van der Waals surface area contributed by atoms with Gasteiger partial charge in [-0.2, -0.15) is 0 Å². The molecule has 1 saturated heterocycles. The number of likely N-dealkylation sites (tertiary alicyclic amines) is 1. The molecule has 3 heterocycles. The summed E-state index contributed by atoms with van der Waals surface area (Å²) in [5.41, 5.74) is 2.21. The summed E-state index contributed by atoms with van der Waals surface area (Å²) >= 11 is 0. The number of nitrogens with zero attached hydrogens (tertiary/aromatic N) is 4. The Kier molecular flexibility index (Phi) is 5.37. The summed E-state index contributed by atoms with van der Waals surface area (Å²) in [6, 6.07) is 13.8. The lowest BCUT2D eigenvalue weighted by Gasteiger charge is -2.34. The molecule has 1 fully saturated rings. The third-order valence-electron chi connectivity index (χ3n) is 5.21. The van der Waals surface area contributed by atoms with Crippen LogP contribution in [0.3, 0.4) is 0 Å². The molecule has 1 aliphatic rings. The fourth-order valence-electron chi connectivity index (χ4n) is 3.75. The number of carbonyl (C=O) groups excluding carboxylic acids is 1. The number of hydrogen-bond acceptors (Lipinski definition) is 4. The van der Waals surface area contributed by atoms with Crippen LogP contribution in [0.5, 0.6) is 5.75 Å². The number of hydrogen-bond donors (Lipinski definition) is 0. The van der Waals surface area contributed by atoms with Gasteiger partial charge in [-0.05, 0) is 44.0 Å². The molecule has 6 nitrogen and oxygen atoms in total. The van der Waals surface area contributed by atoms with Crippen molar-refractivity contribution in [3.8, 4) is 17.1 Å². The average molecular weight is 376 g/mol. The number of aryl methyl sites for hydroxylation is 1. The van der Waals surface area contributed by atoms with E-state index in [4.69, 9.17) is 4.74 Å². The Bertz CT molecular complexity index is 916. The van der Waals surface area contributed by atoms with E-state index in [1.165, 1.54) is 0 Å². The number of imidazole rings is 1. The minimum atomic E-state index is 0.0408. The molecular formula is C22H24N4O2. The minimum absolute atomic E-state index is 0.0408.